The second-order valence-corrected chi connectivity index (χ2v) is 18.8. The number of carbonyl (C=O) groups excluding carboxylic acids is 3. The van der Waals surface area contributed by atoms with Crippen molar-refractivity contribution in [1.82, 2.24) is 19.7 Å². The molecule has 2 amide bonds. The lowest BCUT2D eigenvalue weighted by Crippen LogP contribution is -2.45. The molecule has 6 rings (SSSR count). The number of methoxy groups -OCH3 is 2. The number of benzene rings is 2. The van der Waals surface area contributed by atoms with E-state index in [9.17, 15) is 14.4 Å². The number of hydrogen-bond acceptors (Lipinski definition) is 15. The molecule has 1 aromatic heterocycles. The van der Waals surface area contributed by atoms with Crippen LogP contribution in [0.4, 0.5) is 4.79 Å². The summed E-state index contributed by atoms with van der Waals surface area (Å²) in [6.45, 7) is 17.0. The molecule has 3 fully saturated rings. The maximum Gasteiger partial charge on any atom is 0.410 e. The Bertz CT molecular complexity index is 2070. The van der Waals surface area contributed by atoms with Crippen LogP contribution < -0.4 is 9.47 Å². The molecule has 0 aliphatic carbocycles. The van der Waals surface area contributed by atoms with Gasteiger partial charge in [-0.1, -0.05) is 12.1 Å². The predicted molar refractivity (Wildman–Crippen MR) is 259 cm³/mol. The largest absolute Gasteiger partial charge is 0.497 e. The molecule has 1 atom stereocenters. The lowest BCUT2D eigenvalue weighted by Gasteiger charge is -2.35. The number of piperidine rings is 2. The van der Waals surface area contributed by atoms with Crippen LogP contribution in [0.3, 0.4) is 0 Å². The highest BCUT2D eigenvalue weighted by Crippen LogP contribution is 2.38. The smallest absolute Gasteiger partial charge is 0.410 e. The fourth-order valence-electron chi connectivity index (χ4n) is 8.97. The van der Waals surface area contributed by atoms with Crippen molar-refractivity contribution in [3.8, 4) is 11.5 Å². The van der Waals surface area contributed by atoms with E-state index in [2.05, 4.69) is 30.0 Å². The van der Waals surface area contributed by atoms with Crippen LogP contribution in [0.1, 0.15) is 93.7 Å². The Morgan fingerprint density at radius 2 is 1.30 bits per heavy atom. The van der Waals surface area contributed by atoms with Crippen molar-refractivity contribution < 1.29 is 61.8 Å². The van der Waals surface area contributed by atoms with Crippen LogP contribution >= 0.6 is 0 Å². The SMILES string of the molecule is COc1ccc2nc(C3CCN(C(=O)CCOCCOCCOCCOCCOCCOCCC(=O)OC(C)(C)C)CC3)cc([C@H]3CN(C4CCN(Cc5ccc(OC)c(C)c5)CC4)C(=O)O3)c2c1. The second-order valence-electron chi connectivity index (χ2n) is 18.8. The first-order valence-electron chi connectivity index (χ1n) is 24.7. The Labute approximate surface area is 408 Å². The number of amides is 2. The predicted octanol–water partition coefficient (Wildman–Crippen LogP) is 6.65. The molecule has 17 nitrogen and oxygen atoms in total. The van der Waals surface area contributed by atoms with Gasteiger partial charge in [0.2, 0.25) is 5.91 Å². The van der Waals surface area contributed by atoms with Crippen molar-refractivity contribution in [1.29, 1.82) is 0 Å². The average molecular weight is 965 g/mol. The Morgan fingerprint density at radius 3 is 1.87 bits per heavy atom. The third kappa shape index (κ3) is 17.3. The number of nitrogens with zero attached hydrogens (tertiary/aromatic N) is 4. The normalized spacial score (nSPS) is 17.4. The molecule has 69 heavy (non-hydrogen) atoms. The molecule has 3 aliphatic heterocycles. The van der Waals surface area contributed by atoms with Gasteiger partial charge in [-0.2, -0.15) is 0 Å². The summed E-state index contributed by atoms with van der Waals surface area (Å²) in [5, 5.41) is 0.920. The van der Waals surface area contributed by atoms with Crippen LogP contribution in [0.2, 0.25) is 0 Å². The van der Waals surface area contributed by atoms with Gasteiger partial charge in [-0.25, -0.2) is 4.79 Å². The molecular formula is C52H76N4O13. The molecule has 3 aliphatic rings. The van der Waals surface area contributed by atoms with Gasteiger partial charge in [-0.3, -0.25) is 19.5 Å². The molecule has 3 aromatic rings. The summed E-state index contributed by atoms with van der Waals surface area (Å²) >= 11 is 0. The zero-order valence-electron chi connectivity index (χ0n) is 41.8. The van der Waals surface area contributed by atoms with Gasteiger partial charge in [0, 0.05) is 61.3 Å². The minimum absolute atomic E-state index is 0.0802. The first kappa shape index (κ1) is 53.7. The number of cyclic esters (lactones) is 1. The standard InChI is InChI=1S/C52H76N4O13/c1-38-33-39(7-10-47(38)61-6)36-54-17-13-41(14-18-54)56-37-48(68-51(56)59)44-35-46(53-45-9-8-42(60-5)34-43(44)45)40-11-19-55(20-12-40)49(57)15-21-62-23-25-64-27-29-66-31-32-67-30-28-65-26-24-63-22-16-50(58)69-52(2,3)4/h7-10,33-35,40-41,48H,11-32,36-37H2,1-6H3/t48-/m1/s1. The van der Waals surface area contributed by atoms with E-state index < -0.39 is 11.7 Å². The molecule has 0 unspecified atom stereocenters. The van der Waals surface area contributed by atoms with Crippen LogP contribution in [0, 0.1) is 6.92 Å². The molecule has 0 spiro atoms. The van der Waals surface area contributed by atoms with Crippen LogP contribution in [0.25, 0.3) is 10.9 Å². The number of pyridine rings is 1. The number of fused-ring (bicyclic) bond motifs is 1. The van der Waals surface area contributed by atoms with Gasteiger partial charge in [0.1, 0.15) is 23.2 Å². The zero-order chi connectivity index (χ0) is 49.0. The number of rotatable bonds is 28. The van der Waals surface area contributed by atoms with E-state index in [1.807, 2.05) is 54.8 Å². The summed E-state index contributed by atoms with van der Waals surface area (Å²) in [4.78, 5) is 49.7. The summed E-state index contributed by atoms with van der Waals surface area (Å²) in [6, 6.07) is 14.5. The van der Waals surface area contributed by atoms with E-state index >= 15 is 0 Å². The van der Waals surface area contributed by atoms with Crippen molar-refractivity contribution in [2.45, 2.75) is 96.4 Å². The molecule has 0 N–H and O–H groups in total. The first-order valence-corrected chi connectivity index (χ1v) is 24.7. The Balaban J connectivity index is 0.827. The highest BCUT2D eigenvalue weighted by Gasteiger charge is 2.39. The van der Waals surface area contributed by atoms with Crippen LogP contribution in [-0.4, -0.2) is 176 Å². The number of aryl methyl sites for hydroxylation is 1. The van der Waals surface area contributed by atoms with Gasteiger partial charge in [0.05, 0.1) is 118 Å². The van der Waals surface area contributed by atoms with E-state index in [0.717, 1.165) is 84.5 Å². The minimum atomic E-state index is -0.490. The molecule has 382 valence electrons. The summed E-state index contributed by atoms with van der Waals surface area (Å²) in [6.07, 6.45) is 3.20. The number of likely N-dealkylation sites (tertiary alicyclic amines) is 2. The molecule has 0 bridgehead atoms. The van der Waals surface area contributed by atoms with Crippen molar-refractivity contribution in [2.24, 2.45) is 0 Å². The van der Waals surface area contributed by atoms with Crippen LogP contribution in [0.15, 0.2) is 42.5 Å². The zero-order valence-corrected chi connectivity index (χ0v) is 41.8. The van der Waals surface area contributed by atoms with Gasteiger partial charge in [-0.15, -0.1) is 0 Å². The highest BCUT2D eigenvalue weighted by atomic mass is 16.6. The summed E-state index contributed by atoms with van der Waals surface area (Å²) in [5.74, 6) is 1.59. The molecule has 0 radical (unpaired) electrons. The maximum atomic E-state index is 13.5. The van der Waals surface area contributed by atoms with Crippen LogP contribution in [0.5, 0.6) is 11.5 Å². The molecular weight excluding hydrogens is 889 g/mol. The lowest BCUT2D eigenvalue weighted by atomic mass is 9.90. The van der Waals surface area contributed by atoms with Crippen molar-refractivity contribution in [3.63, 3.8) is 0 Å². The molecule has 3 saturated heterocycles. The van der Waals surface area contributed by atoms with Crippen LogP contribution in [-0.2, 0) is 54.0 Å². The lowest BCUT2D eigenvalue weighted by molar-refractivity contribution is -0.156. The van der Waals surface area contributed by atoms with Crippen molar-refractivity contribution in [3.05, 3.63) is 64.8 Å². The van der Waals surface area contributed by atoms with Gasteiger partial charge in [0.25, 0.3) is 0 Å². The third-order valence-electron chi connectivity index (χ3n) is 12.6. The monoisotopic (exact) mass is 965 g/mol. The fourth-order valence-corrected chi connectivity index (χ4v) is 8.97. The quantitative estimate of drug-likeness (QED) is 0.0561. The number of aromatic nitrogens is 1. The van der Waals surface area contributed by atoms with Gasteiger partial charge >= 0.3 is 12.1 Å². The van der Waals surface area contributed by atoms with E-state index in [1.165, 1.54) is 5.56 Å². The maximum absolute atomic E-state index is 13.5. The number of esters is 1. The molecule has 17 heteroatoms. The van der Waals surface area contributed by atoms with Gasteiger partial charge in [0.15, 0.2) is 0 Å². The molecule has 4 heterocycles. The Morgan fingerprint density at radius 1 is 0.710 bits per heavy atom. The minimum Gasteiger partial charge on any atom is -0.497 e. The number of hydrogen-bond donors (Lipinski definition) is 0. The third-order valence-corrected chi connectivity index (χ3v) is 12.6. The summed E-state index contributed by atoms with van der Waals surface area (Å²) in [5.41, 5.74) is 4.65. The second kappa shape index (κ2) is 27.7. The highest BCUT2D eigenvalue weighted by molar-refractivity contribution is 5.85. The fraction of sp³-hybridized carbons (Fsp3) is 0.654. The average Bonchev–Trinajstić information content (AvgIpc) is 3.73. The number of carbonyl (C=O) groups is 3. The van der Waals surface area contributed by atoms with E-state index in [4.69, 9.17) is 52.4 Å². The van der Waals surface area contributed by atoms with E-state index in [1.54, 1.807) is 14.2 Å². The number of ether oxygens (including phenoxy) is 10. The molecule has 2 aromatic carbocycles. The van der Waals surface area contributed by atoms with Crippen molar-refractivity contribution >= 4 is 28.9 Å². The van der Waals surface area contributed by atoms with Gasteiger partial charge in [-0.05, 0) is 94.8 Å². The first-order chi connectivity index (χ1) is 33.4. The molecule has 0 saturated carbocycles. The summed E-state index contributed by atoms with van der Waals surface area (Å²) in [7, 11) is 3.35. The summed E-state index contributed by atoms with van der Waals surface area (Å²) < 4.78 is 55.7. The van der Waals surface area contributed by atoms with Gasteiger partial charge < -0.3 is 57.2 Å². The Kier molecular flexibility index (Phi) is 21.6. The van der Waals surface area contributed by atoms with E-state index in [0.29, 0.717) is 105 Å². The topological polar surface area (TPSA) is 166 Å². The van der Waals surface area contributed by atoms with E-state index in [-0.39, 0.29) is 36.4 Å². The Hall–Kier alpha value is -4.62. The van der Waals surface area contributed by atoms with Crippen molar-refractivity contribution in [2.75, 3.05) is 126 Å².